The van der Waals surface area contributed by atoms with Gasteiger partial charge in [0.25, 0.3) is 0 Å². The van der Waals surface area contributed by atoms with Crippen molar-refractivity contribution < 1.29 is 0 Å². The number of aryl methyl sites for hydroxylation is 1. The fourth-order valence-corrected chi connectivity index (χ4v) is 2.34. The van der Waals surface area contributed by atoms with Gasteiger partial charge in [0, 0.05) is 6.54 Å². The van der Waals surface area contributed by atoms with Crippen LogP contribution in [0.25, 0.3) is 11.0 Å². The van der Waals surface area contributed by atoms with E-state index in [1.165, 1.54) is 0 Å². The quantitative estimate of drug-likeness (QED) is 0.806. The van der Waals surface area contributed by atoms with Gasteiger partial charge in [0.15, 0.2) is 4.77 Å². The summed E-state index contributed by atoms with van der Waals surface area (Å²) < 4.78 is 2.84. The van der Waals surface area contributed by atoms with Gasteiger partial charge in [0.05, 0.1) is 16.1 Å². The first-order valence-corrected chi connectivity index (χ1v) is 6.25. The molecule has 0 radical (unpaired) electrons. The zero-order valence-electron chi connectivity index (χ0n) is 9.46. The summed E-state index contributed by atoms with van der Waals surface area (Å²) in [7, 11) is 0. The van der Waals surface area contributed by atoms with Crippen LogP contribution >= 0.6 is 23.8 Å². The van der Waals surface area contributed by atoms with Gasteiger partial charge >= 0.3 is 0 Å². The second-order valence-corrected chi connectivity index (χ2v) is 5.19. The molecule has 0 spiro atoms. The Balaban J connectivity index is 2.51. The molecule has 1 aromatic heterocycles. The molecule has 0 aliphatic heterocycles. The van der Waals surface area contributed by atoms with Crippen LogP contribution in [-0.2, 0) is 6.54 Å². The van der Waals surface area contributed by atoms with Crippen LogP contribution in [-0.4, -0.2) is 9.55 Å². The third-order valence-corrected chi connectivity index (χ3v) is 3.30. The summed E-state index contributed by atoms with van der Waals surface area (Å²) in [6, 6.07) is 5.84. The van der Waals surface area contributed by atoms with Crippen LogP contribution in [0.5, 0.6) is 0 Å². The maximum absolute atomic E-state index is 6.20. The van der Waals surface area contributed by atoms with Crippen LogP contribution in [0.4, 0.5) is 0 Å². The van der Waals surface area contributed by atoms with E-state index < -0.39 is 0 Å². The molecule has 1 aromatic carbocycles. The zero-order chi connectivity index (χ0) is 11.7. The number of imidazole rings is 1. The highest BCUT2D eigenvalue weighted by molar-refractivity contribution is 7.71. The monoisotopic (exact) mass is 254 g/mol. The van der Waals surface area contributed by atoms with Crippen molar-refractivity contribution in [2.24, 2.45) is 5.92 Å². The van der Waals surface area contributed by atoms with E-state index in [0.29, 0.717) is 5.92 Å². The first-order chi connectivity index (χ1) is 7.59. The molecule has 2 aromatic rings. The summed E-state index contributed by atoms with van der Waals surface area (Å²) in [6.07, 6.45) is 1.10. The minimum absolute atomic E-state index is 0.661. The Kier molecular flexibility index (Phi) is 3.36. The second kappa shape index (κ2) is 4.60. The Hall–Kier alpha value is -0.800. The van der Waals surface area contributed by atoms with Crippen LogP contribution in [0.1, 0.15) is 20.3 Å². The van der Waals surface area contributed by atoms with Crippen LogP contribution in [0.2, 0.25) is 5.02 Å². The lowest BCUT2D eigenvalue weighted by atomic mass is 10.1. The molecule has 2 rings (SSSR count). The molecule has 0 bridgehead atoms. The summed E-state index contributed by atoms with van der Waals surface area (Å²) >= 11 is 11.5. The van der Waals surface area contributed by atoms with E-state index in [0.717, 1.165) is 33.8 Å². The van der Waals surface area contributed by atoms with E-state index in [2.05, 4.69) is 23.4 Å². The Bertz CT molecular complexity index is 554. The number of halogens is 1. The number of rotatable bonds is 3. The lowest BCUT2D eigenvalue weighted by Crippen LogP contribution is -2.01. The molecule has 4 heteroatoms. The highest BCUT2D eigenvalue weighted by atomic mass is 35.5. The number of H-pyrrole nitrogens is 1. The van der Waals surface area contributed by atoms with Gasteiger partial charge in [-0.2, -0.15) is 0 Å². The number of hydrogen-bond donors (Lipinski definition) is 1. The van der Waals surface area contributed by atoms with Gasteiger partial charge in [-0.3, -0.25) is 0 Å². The lowest BCUT2D eigenvalue weighted by molar-refractivity contribution is 0.520. The fourth-order valence-electron chi connectivity index (χ4n) is 1.78. The third kappa shape index (κ3) is 2.15. The van der Waals surface area contributed by atoms with Crippen molar-refractivity contribution in [2.45, 2.75) is 26.8 Å². The van der Waals surface area contributed by atoms with Gasteiger partial charge in [0.2, 0.25) is 0 Å². The third-order valence-electron chi connectivity index (χ3n) is 2.67. The van der Waals surface area contributed by atoms with E-state index in [1.54, 1.807) is 0 Å². The van der Waals surface area contributed by atoms with E-state index in [-0.39, 0.29) is 0 Å². The van der Waals surface area contributed by atoms with Crippen molar-refractivity contribution in [2.75, 3.05) is 0 Å². The van der Waals surface area contributed by atoms with Crippen LogP contribution in [0, 0.1) is 10.7 Å². The summed E-state index contributed by atoms with van der Waals surface area (Å²) in [5.74, 6) is 0.661. The van der Waals surface area contributed by atoms with Gasteiger partial charge in [0.1, 0.15) is 0 Å². The molecule has 1 heterocycles. The van der Waals surface area contributed by atoms with Crippen molar-refractivity contribution in [3.05, 3.63) is 28.0 Å². The smallest absolute Gasteiger partial charge is 0.178 e. The summed E-state index contributed by atoms with van der Waals surface area (Å²) in [5.41, 5.74) is 2.04. The lowest BCUT2D eigenvalue weighted by Gasteiger charge is -2.07. The van der Waals surface area contributed by atoms with Gasteiger partial charge in [-0.05, 0) is 36.7 Å². The predicted molar refractivity (Wildman–Crippen MR) is 71.6 cm³/mol. The normalized spacial score (nSPS) is 11.5. The molecular weight excluding hydrogens is 240 g/mol. The number of aromatic amines is 1. The number of fused-ring (bicyclic) bond motifs is 1. The number of benzene rings is 1. The molecule has 16 heavy (non-hydrogen) atoms. The van der Waals surface area contributed by atoms with Crippen molar-refractivity contribution in [3.63, 3.8) is 0 Å². The largest absolute Gasteiger partial charge is 0.331 e. The highest BCUT2D eigenvalue weighted by Crippen LogP contribution is 2.23. The molecule has 0 unspecified atom stereocenters. The molecular formula is C12H15ClN2S. The van der Waals surface area contributed by atoms with Crippen molar-refractivity contribution >= 4 is 34.9 Å². The Morgan fingerprint density at radius 1 is 1.44 bits per heavy atom. The highest BCUT2D eigenvalue weighted by Gasteiger charge is 2.07. The first kappa shape index (κ1) is 11.7. The Labute approximate surface area is 105 Å². The molecule has 0 amide bonds. The standard InChI is InChI=1S/C12H15ClN2S/c1-8(2)6-7-15-11-9(13)4-3-5-10(11)14-12(15)16/h3-5,8H,6-7H2,1-2H3,(H,14,16). The minimum Gasteiger partial charge on any atom is -0.331 e. The van der Waals surface area contributed by atoms with Gasteiger partial charge < -0.3 is 9.55 Å². The summed E-state index contributed by atoms with van der Waals surface area (Å²) in [4.78, 5) is 3.18. The summed E-state index contributed by atoms with van der Waals surface area (Å²) in [5, 5.41) is 0.758. The minimum atomic E-state index is 0.661. The second-order valence-electron chi connectivity index (χ2n) is 4.40. The molecule has 0 aliphatic rings. The van der Waals surface area contributed by atoms with Crippen molar-refractivity contribution in [3.8, 4) is 0 Å². The molecule has 0 saturated carbocycles. The maximum atomic E-state index is 6.20. The molecule has 2 nitrogen and oxygen atoms in total. The predicted octanol–water partition coefficient (Wildman–Crippen LogP) is 4.40. The molecule has 86 valence electrons. The van der Waals surface area contributed by atoms with Crippen LogP contribution < -0.4 is 0 Å². The molecule has 0 fully saturated rings. The fraction of sp³-hybridized carbons (Fsp3) is 0.417. The Morgan fingerprint density at radius 2 is 2.19 bits per heavy atom. The van der Waals surface area contributed by atoms with Crippen molar-refractivity contribution in [1.82, 2.24) is 9.55 Å². The van der Waals surface area contributed by atoms with Gasteiger partial charge in [-0.1, -0.05) is 31.5 Å². The number of aromatic nitrogens is 2. The van der Waals surface area contributed by atoms with E-state index >= 15 is 0 Å². The Morgan fingerprint density at radius 3 is 2.88 bits per heavy atom. The van der Waals surface area contributed by atoms with Crippen LogP contribution in [0.15, 0.2) is 18.2 Å². The van der Waals surface area contributed by atoms with Crippen LogP contribution in [0.3, 0.4) is 0 Å². The molecule has 0 saturated heterocycles. The molecule has 0 atom stereocenters. The first-order valence-electron chi connectivity index (χ1n) is 5.46. The average molecular weight is 255 g/mol. The zero-order valence-corrected chi connectivity index (χ0v) is 11.0. The van der Waals surface area contributed by atoms with E-state index in [1.807, 2.05) is 18.2 Å². The molecule has 0 aliphatic carbocycles. The SMILES string of the molecule is CC(C)CCn1c(=S)[nH]c2cccc(Cl)c21. The summed E-state index contributed by atoms with van der Waals surface area (Å²) in [6.45, 7) is 5.33. The number of nitrogens with zero attached hydrogens (tertiary/aromatic N) is 1. The average Bonchev–Trinajstić information content (AvgIpc) is 2.52. The number of para-hydroxylation sites is 1. The number of hydrogen-bond acceptors (Lipinski definition) is 1. The number of nitrogens with one attached hydrogen (secondary N) is 1. The van der Waals surface area contributed by atoms with E-state index in [4.69, 9.17) is 23.8 Å². The van der Waals surface area contributed by atoms with E-state index in [9.17, 15) is 0 Å². The topological polar surface area (TPSA) is 20.7 Å². The van der Waals surface area contributed by atoms with Gasteiger partial charge in [-0.25, -0.2) is 0 Å². The maximum Gasteiger partial charge on any atom is 0.178 e. The van der Waals surface area contributed by atoms with Crippen molar-refractivity contribution in [1.29, 1.82) is 0 Å². The van der Waals surface area contributed by atoms with Gasteiger partial charge in [-0.15, -0.1) is 0 Å². The molecule has 1 N–H and O–H groups in total.